The summed E-state index contributed by atoms with van der Waals surface area (Å²) < 4.78 is 0.345. The van der Waals surface area contributed by atoms with Crippen molar-refractivity contribution < 1.29 is 5.11 Å². The van der Waals surface area contributed by atoms with Crippen molar-refractivity contribution in [2.24, 2.45) is 0 Å². The minimum absolute atomic E-state index is 0.345. The number of rotatable bonds is 6. The molecule has 1 unspecified atom stereocenters. The summed E-state index contributed by atoms with van der Waals surface area (Å²) in [4.78, 5) is 0. The molecule has 0 radical (unpaired) electrons. The third-order valence-electron chi connectivity index (χ3n) is 4.05. The van der Waals surface area contributed by atoms with E-state index in [1.54, 1.807) is 18.2 Å². The van der Waals surface area contributed by atoms with Crippen LogP contribution in [0.1, 0.15) is 37.4 Å². The van der Waals surface area contributed by atoms with Gasteiger partial charge >= 0.3 is 0 Å². The smallest absolute Gasteiger partial charge is 0.0929 e. The number of aliphatic hydroxyl groups excluding tert-OH is 1. The van der Waals surface area contributed by atoms with Gasteiger partial charge in [-0.3, -0.25) is 0 Å². The van der Waals surface area contributed by atoms with Gasteiger partial charge in [-0.1, -0.05) is 36.0 Å². The second kappa shape index (κ2) is 7.37. The highest BCUT2D eigenvalue weighted by molar-refractivity contribution is 8.00. The molecular weight excluding hydrogens is 313 g/mol. The molecule has 20 heavy (non-hydrogen) atoms. The summed E-state index contributed by atoms with van der Waals surface area (Å²) in [5, 5.41) is 14.8. The van der Waals surface area contributed by atoms with E-state index < -0.39 is 6.10 Å². The van der Waals surface area contributed by atoms with Crippen molar-refractivity contribution in [1.82, 2.24) is 5.32 Å². The minimum Gasteiger partial charge on any atom is -0.387 e. The molecule has 0 spiro atoms. The molecule has 5 heteroatoms. The SMILES string of the molecule is CSC1(CNCC(O)c2cc(Cl)ccc2Cl)CCCC1. The summed E-state index contributed by atoms with van der Waals surface area (Å²) >= 11 is 14.0. The highest BCUT2D eigenvalue weighted by atomic mass is 35.5. The van der Waals surface area contributed by atoms with Gasteiger partial charge < -0.3 is 10.4 Å². The van der Waals surface area contributed by atoms with Crippen LogP contribution in [-0.2, 0) is 0 Å². The Morgan fingerprint density at radius 2 is 2.05 bits per heavy atom. The highest BCUT2D eigenvalue weighted by Crippen LogP contribution is 2.39. The lowest BCUT2D eigenvalue weighted by atomic mass is 10.1. The number of hydrogen-bond acceptors (Lipinski definition) is 3. The van der Waals surface area contributed by atoms with Gasteiger partial charge in [-0.25, -0.2) is 0 Å². The van der Waals surface area contributed by atoms with Gasteiger partial charge in [-0.05, 0) is 37.3 Å². The van der Waals surface area contributed by atoms with E-state index in [2.05, 4.69) is 11.6 Å². The maximum absolute atomic E-state index is 10.2. The van der Waals surface area contributed by atoms with Crippen LogP contribution in [0.15, 0.2) is 18.2 Å². The zero-order chi connectivity index (χ0) is 14.6. The molecular formula is C15H21Cl2NOS. The monoisotopic (exact) mass is 333 g/mol. The predicted octanol–water partition coefficient (Wildman–Crippen LogP) is 4.29. The second-order valence-electron chi connectivity index (χ2n) is 5.41. The third-order valence-corrected chi connectivity index (χ3v) is 6.05. The Balaban J connectivity index is 1.88. The number of benzene rings is 1. The average molecular weight is 334 g/mol. The fourth-order valence-corrected chi connectivity index (χ4v) is 4.16. The van der Waals surface area contributed by atoms with Crippen molar-refractivity contribution in [3.05, 3.63) is 33.8 Å². The topological polar surface area (TPSA) is 32.3 Å². The normalized spacial score (nSPS) is 19.2. The van der Waals surface area contributed by atoms with E-state index in [-0.39, 0.29) is 0 Å². The van der Waals surface area contributed by atoms with Crippen molar-refractivity contribution in [1.29, 1.82) is 0 Å². The van der Waals surface area contributed by atoms with Crippen LogP contribution in [0.3, 0.4) is 0 Å². The average Bonchev–Trinajstić information content (AvgIpc) is 2.91. The van der Waals surface area contributed by atoms with Gasteiger partial charge in [-0.15, -0.1) is 0 Å². The first kappa shape index (κ1) is 16.4. The first-order valence-electron chi connectivity index (χ1n) is 6.95. The van der Waals surface area contributed by atoms with E-state index in [1.807, 2.05) is 11.8 Å². The number of nitrogens with one attached hydrogen (secondary N) is 1. The zero-order valence-electron chi connectivity index (χ0n) is 11.7. The van der Waals surface area contributed by atoms with Crippen molar-refractivity contribution in [2.75, 3.05) is 19.3 Å². The van der Waals surface area contributed by atoms with Crippen molar-refractivity contribution in [3.63, 3.8) is 0 Å². The highest BCUT2D eigenvalue weighted by Gasteiger charge is 2.32. The molecule has 1 aliphatic rings. The Labute approximate surface area is 135 Å². The molecule has 1 aromatic carbocycles. The van der Waals surface area contributed by atoms with E-state index in [9.17, 15) is 5.11 Å². The maximum atomic E-state index is 10.2. The van der Waals surface area contributed by atoms with Crippen molar-refractivity contribution >= 4 is 35.0 Å². The van der Waals surface area contributed by atoms with E-state index >= 15 is 0 Å². The number of aliphatic hydroxyl groups is 1. The Kier molecular flexibility index (Phi) is 6.06. The van der Waals surface area contributed by atoms with Gasteiger partial charge in [0.05, 0.1) is 6.10 Å². The maximum Gasteiger partial charge on any atom is 0.0929 e. The predicted molar refractivity (Wildman–Crippen MR) is 89.0 cm³/mol. The molecule has 0 aromatic heterocycles. The summed E-state index contributed by atoms with van der Waals surface area (Å²) in [5.41, 5.74) is 0.691. The van der Waals surface area contributed by atoms with Gasteiger partial charge in [0.1, 0.15) is 0 Å². The van der Waals surface area contributed by atoms with Crippen LogP contribution in [-0.4, -0.2) is 29.2 Å². The Morgan fingerprint density at radius 3 is 2.70 bits per heavy atom. The molecule has 1 fully saturated rings. The van der Waals surface area contributed by atoms with Gasteiger partial charge in [0.2, 0.25) is 0 Å². The van der Waals surface area contributed by atoms with Gasteiger partial charge in [0, 0.05) is 33.4 Å². The first-order valence-corrected chi connectivity index (χ1v) is 8.93. The van der Waals surface area contributed by atoms with Crippen LogP contribution in [0.4, 0.5) is 0 Å². The standard InChI is InChI=1S/C15H21Cl2NOS/c1-20-15(6-2-3-7-15)10-18-9-14(19)12-8-11(16)4-5-13(12)17/h4-5,8,14,18-19H,2-3,6-7,9-10H2,1H3. The van der Waals surface area contributed by atoms with Crippen molar-refractivity contribution in [3.8, 4) is 0 Å². The molecule has 2 N–H and O–H groups in total. The molecule has 1 aromatic rings. The van der Waals surface area contributed by atoms with Crippen LogP contribution < -0.4 is 5.32 Å². The molecule has 112 valence electrons. The fourth-order valence-electron chi connectivity index (χ4n) is 2.79. The molecule has 1 saturated carbocycles. The quantitative estimate of drug-likeness (QED) is 0.814. The molecule has 2 rings (SSSR count). The molecule has 0 saturated heterocycles. The van der Waals surface area contributed by atoms with Gasteiger partial charge in [0.25, 0.3) is 0 Å². The van der Waals surface area contributed by atoms with Crippen LogP contribution in [0, 0.1) is 0 Å². The fraction of sp³-hybridized carbons (Fsp3) is 0.600. The lowest BCUT2D eigenvalue weighted by Crippen LogP contribution is -2.37. The van der Waals surface area contributed by atoms with Gasteiger partial charge in [0.15, 0.2) is 0 Å². The lowest BCUT2D eigenvalue weighted by Gasteiger charge is -2.27. The number of halogens is 2. The van der Waals surface area contributed by atoms with Crippen LogP contribution in [0.2, 0.25) is 10.0 Å². The number of thioether (sulfide) groups is 1. The van der Waals surface area contributed by atoms with Crippen LogP contribution in [0.25, 0.3) is 0 Å². The number of hydrogen-bond donors (Lipinski definition) is 2. The molecule has 0 amide bonds. The molecule has 1 aliphatic carbocycles. The van der Waals surface area contributed by atoms with Crippen LogP contribution >= 0.6 is 35.0 Å². The summed E-state index contributed by atoms with van der Waals surface area (Å²) in [5.74, 6) is 0. The molecule has 2 nitrogen and oxygen atoms in total. The van der Waals surface area contributed by atoms with Crippen LogP contribution in [0.5, 0.6) is 0 Å². The van der Waals surface area contributed by atoms with E-state index in [0.29, 0.717) is 26.9 Å². The molecule has 0 bridgehead atoms. The third kappa shape index (κ3) is 4.05. The van der Waals surface area contributed by atoms with E-state index in [4.69, 9.17) is 23.2 Å². The largest absolute Gasteiger partial charge is 0.387 e. The summed E-state index contributed by atoms with van der Waals surface area (Å²) in [7, 11) is 0. The summed E-state index contributed by atoms with van der Waals surface area (Å²) in [6, 6.07) is 5.19. The summed E-state index contributed by atoms with van der Waals surface area (Å²) in [6.45, 7) is 1.44. The second-order valence-corrected chi connectivity index (χ2v) is 7.52. The Morgan fingerprint density at radius 1 is 1.35 bits per heavy atom. The molecule has 0 heterocycles. The minimum atomic E-state index is -0.624. The first-order chi connectivity index (χ1) is 9.56. The molecule has 0 aliphatic heterocycles. The lowest BCUT2D eigenvalue weighted by molar-refractivity contribution is 0.173. The van der Waals surface area contributed by atoms with Crippen molar-refractivity contribution in [2.45, 2.75) is 36.5 Å². The van der Waals surface area contributed by atoms with Gasteiger partial charge in [-0.2, -0.15) is 11.8 Å². The van der Waals surface area contributed by atoms with E-state index in [1.165, 1.54) is 25.7 Å². The molecule has 1 atom stereocenters. The van der Waals surface area contributed by atoms with E-state index in [0.717, 1.165) is 6.54 Å². The Hall–Kier alpha value is 0.0700. The zero-order valence-corrected chi connectivity index (χ0v) is 14.0. The Bertz CT molecular complexity index is 449. The summed E-state index contributed by atoms with van der Waals surface area (Å²) in [6.07, 6.45) is 6.69.